The van der Waals surface area contributed by atoms with Crippen LogP contribution in [0.15, 0.2) is 48.5 Å². The molecule has 1 aliphatic rings. The number of para-hydroxylation sites is 1. The fraction of sp³-hybridized carbons (Fsp3) is 0.304. The molecule has 2 aromatic heterocycles. The molecule has 1 amide bonds. The summed E-state index contributed by atoms with van der Waals surface area (Å²) in [5.41, 5.74) is 1.93. The van der Waals surface area contributed by atoms with E-state index < -0.39 is 5.82 Å². The summed E-state index contributed by atoms with van der Waals surface area (Å²) in [4.78, 5) is 21.8. The van der Waals surface area contributed by atoms with Gasteiger partial charge in [0.1, 0.15) is 12.4 Å². The first-order valence-electron chi connectivity index (χ1n) is 10.6. The number of halogens is 1. The number of aromatic nitrogens is 4. The van der Waals surface area contributed by atoms with Crippen molar-refractivity contribution >= 4 is 28.4 Å². The molecule has 0 saturated carbocycles. The monoisotopic (exact) mass is 434 g/mol. The first-order valence-corrected chi connectivity index (χ1v) is 10.6. The fourth-order valence-corrected chi connectivity index (χ4v) is 4.18. The number of carbonyl (C=O) groups excluding carboxylic acids is 1. The molecule has 1 aliphatic heterocycles. The predicted octanol–water partition coefficient (Wildman–Crippen LogP) is 2.92. The van der Waals surface area contributed by atoms with Crippen LogP contribution in [0.4, 0.5) is 10.3 Å². The first-order chi connectivity index (χ1) is 15.7. The van der Waals surface area contributed by atoms with Gasteiger partial charge in [0.25, 0.3) is 5.91 Å². The lowest BCUT2D eigenvalue weighted by atomic mass is 10.2. The minimum atomic E-state index is -0.409. The largest absolute Gasteiger partial charge is 0.377 e. The summed E-state index contributed by atoms with van der Waals surface area (Å²) in [6, 6.07) is 13.7. The van der Waals surface area contributed by atoms with E-state index in [4.69, 9.17) is 9.72 Å². The third-order valence-corrected chi connectivity index (χ3v) is 5.71. The van der Waals surface area contributed by atoms with Crippen LogP contribution in [0.3, 0.4) is 0 Å². The summed E-state index contributed by atoms with van der Waals surface area (Å²) in [6.45, 7) is 2.72. The van der Waals surface area contributed by atoms with Crippen LogP contribution in [0.25, 0.3) is 16.6 Å². The fourth-order valence-electron chi connectivity index (χ4n) is 4.18. The van der Waals surface area contributed by atoms with Crippen molar-refractivity contribution in [2.24, 2.45) is 0 Å². The smallest absolute Gasteiger partial charge is 0.254 e. The van der Waals surface area contributed by atoms with E-state index in [1.165, 1.54) is 12.1 Å². The maximum Gasteiger partial charge on any atom is 0.254 e. The molecule has 3 heterocycles. The second-order valence-electron chi connectivity index (χ2n) is 7.78. The molecule has 2 aromatic carbocycles. The van der Waals surface area contributed by atoms with Gasteiger partial charge < -0.3 is 14.5 Å². The minimum absolute atomic E-state index is 0.160. The molecule has 0 unspecified atom stereocenters. The van der Waals surface area contributed by atoms with Crippen molar-refractivity contribution in [1.82, 2.24) is 24.5 Å². The topological polar surface area (TPSA) is 75.9 Å². The van der Waals surface area contributed by atoms with Crippen LogP contribution < -0.4 is 4.90 Å². The van der Waals surface area contributed by atoms with Gasteiger partial charge in [-0.2, -0.15) is 0 Å². The SMILES string of the molecule is COCc1nnc2c3ccccc3nc(N3CCCN(C(=O)c4cccc(F)c4)CC3)n12. The normalized spacial score (nSPS) is 14.8. The predicted molar refractivity (Wildman–Crippen MR) is 118 cm³/mol. The van der Waals surface area contributed by atoms with Gasteiger partial charge in [-0.1, -0.05) is 18.2 Å². The van der Waals surface area contributed by atoms with Gasteiger partial charge >= 0.3 is 0 Å². The number of carbonyl (C=O) groups is 1. The summed E-state index contributed by atoms with van der Waals surface area (Å²) >= 11 is 0. The molecule has 32 heavy (non-hydrogen) atoms. The lowest BCUT2D eigenvalue weighted by Crippen LogP contribution is -2.36. The van der Waals surface area contributed by atoms with E-state index in [0.29, 0.717) is 37.6 Å². The molecule has 0 atom stereocenters. The van der Waals surface area contributed by atoms with Crippen LogP contribution in [0.5, 0.6) is 0 Å². The lowest BCUT2D eigenvalue weighted by molar-refractivity contribution is 0.0766. The molecule has 0 radical (unpaired) electrons. The van der Waals surface area contributed by atoms with Crippen molar-refractivity contribution in [2.45, 2.75) is 13.0 Å². The zero-order chi connectivity index (χ0) is 22.1. The number of methoxy groups -OCH3 is 1. The molecule has 4 aromatic rings. The molecule has 164 valence electrons. The Hall–Kier alpha value is -3.59. The Kier molecular flexibility index (Phi) is 5.40. The van der Waals surface area contributed by atoms with Crippen molar-refractivity contribution in [3.05, 3.63) is 65.7 Å². The van der Waals surface area contributed by atoms with Crippen LogP contribution in [-0.4, -0.2) is 63.7 Å². The molecule has 0 aliphatic carbocycles. The summed E-state index contributed by atoms with van der Waals surface area (Å²) < 4.78 is 20.9. The van der Waals surface area contributed by atoms with E-state index in [0.717, 1.165) is 35.5 Å². The van der Waals surface area contributed by atoms with E-state index in [-0.39, 0.29) is 5.91 Å². The second kappa shape index (κ2) is 8.51. The van der Waals surface area contributed by atoms with E-state index in [2.05, 4.69) is 15.1 Å². The number of rotatable bonds is 4. The average Bonchev–Trinajstić information content (AvgIpc) is 3.07. The van der Waals surface area contributed by atoms with Gasteiger partial charge in [0.15, 0.2) is 11.5 Å². The first kappa shape index (κ1) is 20.3. The van der Waals surface area contributed by atoms with Crippen molar-refractivity contribution in [2.75, 3.05) is 38.2 Å². The Morgan fingerprint density at radius 2 is 1.94 bits per heavy atom. The highest BCUT2D eigenvalue weighted by Gasteiger charge is 2.24. The molecule has 0 spiro atoms. The highest BCUT2D eigenvalue weighted by atomic mass is 19.1. The maximum absolute atomic E-state index is 13.6. The molecule has 1 saturated heterocycles. The van der Waals surface area contributed by atoms with Crippen LogP contribution in [0.2, 0.25) is 0 Å². The number of anilines is 1. The molecule has 0 bridgehead atoms. The Morgan fingerprint density at radius 1 is 1.06 bits per heavy atom. The standard InChI is InChI=1S/C23H23FN6O2/c1-32-15-20-26-27-21-18-8-2-3-9-19(18)25-23(30(20)21)29-11-5-10-28(12-13-29)22(31)16-6-4-7-17(24)14-16/h2-4,6-9,14H,5,10-13,15H2,1H3. The van der Waals surface area contributed by atoms with Gasteiger partial charge in [0.2, 0.25) is 5.95 Å². The Morgan fingerprint density at radius 3 is 2.78 bits per heavy atom. The Bertz CT molecular complexity index is 1290. The summed E-state index contributed by atoms with van der Waals surface area (Å²) in [5, 5.41) is 9.65. The summed E-state index contributed by atoms with van der Waals surface area (Å²) in [7, 11) is 1.62. The highest BCUT2D eigenvalue weighted by molar-refractivity contribution is 5.94. The zero-order valence-corrected chi connectivity index (χ0v) is 17.7. The number of hydrogen-bond acceptors (Lipinski definition) is 6. The van der Waals surface area contributed by atoms with Gasteiger partial charge in [-0.25, -0.2) is 13.8 Å². The number of hydrogen-bond donors (Lipinski definition) is 0. The number of nitrogens with zero attached hydrogens (tertiary/aromatic N) is 6. The van der Waals surface area contributed by atoms with Crippen molar-refractivity contribution in [3.8, 4) is 0 Å². The van der Waals surface area contributed by atoms with Crippen molar-refractivity contribution in [1.29, 1.82) is 0 Å². The van der Waals surface area contributed by atoms with Gasteiger partial charge in [0, 0.05) is 44.2 Å². The third-order valence-electron chi connectivity index (χ3n) is 5.71. The molecule has 0 N–H and O–H groups in total. The zero-order valence-electron chi connectivity index (χ0n) is 17.7. The average molecular weight is 434 g/mol. The molecule has 1 fully saturated rings. The summed E-state index contributed by atoms with van der Waals surface area (Å²) in [5.74, 6) is 0.837. The third kappa shape index (κ3) is 3.64. The number of amides is 1. The molecule has 9 heteroatoms. The van der Waals surface area contributed by atoms with Crippen LogP contribution in [0, 0.1) is 5.82 Å². The molecular weight excluding hydrogens is 411 g/mol. The van der Waals surface area contributed by atoms with Gasteiger partial charge in [-0.05, 0) is 36.8 Å². The Balaban J connectivity index is 1.48. The van der Waals surface area contributed by atoms with E-state index >= 15 is 0 Å². The van der Waals surface area contributed by atoms with E-state index in [9.17, 15) is 9.18 Å². The van der Waals surface area contributed by atoms with E-state index in [1.807, 2.05) is 28.7 Å². The number of fused-ring (bicyclic) bond motifs is 3. The second-order valence-corrected chi connectivity index (χ2v) is 7.78. The highest BCUT2D eigenvalue weighted by Crippen LogP contribution is 2.25. The van der Waals surface area contributed by atoms with Gasteiger partial charge in [-0.3, -0.25) is 4.79 Å². The Labute approximate surface area is 184 Å². The molecule has 5 rings (SSSR count). The van der Waals surface area contributed by atoms with Gasteiger partial charge in [-0.15, -0.1) is 10.2 Å². The van der Waals surface area contributed by atoms with Crippen LogP contribution >= 0.6 is 0 Å². The summed E-state index contributed by atoms with van der Waals surface area (Å²) in [6.07, 6.45) is 0.763. The number of ether oxygens (including phenoxy) is 1. The lowest BCUT2D eigenvalue weighted by Gasteiger charge is -2.24. The van der Waals surface area contributed by atoms with Crippen molar-refractivity contribution < 1.29 is 13.9 Å². The maximum atomic E-state index is 13.6. The van der Waals surface area contributed by atoms with Crippen molar-refractivity contribution in [3.63, 3.8) is 0 Å². The minimum Gasteiger partial charge on any atom is -0.377 e. The molecular formula is C23H23FN6O2. The van der Waals surface area contributed by atoms with Crippen LogP contribution in [0.1, 0.15) is 22.6 Å². The van der Waals surface area contributed by atoms with Crippen LogP contribution in [-0.2, 0) is 11.3 Å². The number of benzene rings is 2. The quantitative estimate of drug-likeness (QED) is 0.492. The van der Waals surface area contributed by atoms with E-state index in [1.54, 1.807) is 24.1 Å². The molecule has 8 nitrogen and oxygen atoms in total. The van der Waals surface area contributed by atoms with Gasteiger partial charge in [0.05, 0.1) is 5.52 Å².